The van der Waals surface area contributed by atoms with Crippen molar-refractivity contribution in [3.63, 3.8) is 0 Å². The van der Waals surface area contributed by atoms with Gasteiger partial charge in [0.05, 0.1) is 27.8 Å². The van der Waals surface area contributed by atoms with Crippen LogP contribution in [0.4, 0.5) is 13.2 Å². The summed E-state index contributed by atoms with van der Waals surface area (Å²) in [6.07, 6.45) is -5.82. The molecule has 0 N–H and O–H groups in total. The highest BCUT2D eigenvalue weighted by Gasteiger charge is 2.38. The first-order valence-corrected chi connectivity index (χ1v) is 6.08. The Hall–Kier alpha value is -1.83. The SMILES string of the molecule is COc1cc(C(=S)CC(=O)C(F)(F)F)cc(OC)c1OC. The number of halogens is 3. The number of hydrogen-bond acceptors (Lipinski definition) is 5. The molecule has 4 nitrogen and oxygen atoms in total. The van der Waals surface area contributed by atoms with E-state index in [9.17, 15) is 18.0 Å². The van der Waals surface area contributed by atoms with Crippen LogP contribution in [0.25, 0.3) is 0 Å². The van der Waals surface area contributed by atoms with Crippen LogP contribution in [0.3, 0.4) is 0 Å². The van der Waals surface area contributed by atoms with Crippen LogP contribution in [-0.4, -0.2) is 38.2 Å². The van der Waals surface area contributed by atoms with Crippen molar-refractivity contribution >= 4 is 22.9 Å². The number of carbonyl (C=O) groups excluding carboxylic acids is 1. The van der Waals surface area contributed by atoms with Crippen LogP contribution in [0.2, 0.25) is 0 Å². The normalized spacial score (nSPS) is 11.0. The summed E-state index contributed by atoms with van der Waals surface area (Å²) in [7, 11) is 4.13. The molecule has 116 valence electrons. The lowest BCUT2D eigenvalue weighted by molar-refractivity contribution is -0.169. The first-order valence-electron chi connectivity index (χ1n) is 5.67. The van der Waals surface area contributed by atoms with Gasteiger partial charge in [-0.1, -0.05) is 12.2 Å². The zero-order chi connectivity index (χ0) is 16.2. The molecule has 0 radical (unpaired) electrons. The lowest BCUT2D eigenvalue weighted by atomic mass is 10.1. The molecule has 1 aromatic rings. The summed E-state index contributed by atoms with van der Waals surface area (Å²) >= 11 is 4.89. The van der Waals surface area contributed by atoms with Crippen LogP contribution in [-0.2, 0) is 4.79 Å². The van der Waals surface area contributed by atoms with Crippen molar-refractivity contribution in [3.05, 3.63) is 17.7 Å². The second-order valence-electron chi connectivity index (χ2n) is 3.93. The third-order valence-corrected chi connectivity index (χ3v) is 3.00. The van der Waals surface area contributed by atoms with Gasteiger partial charge in [0.25, 0.3) is 0 Å². The van der Waals surface area contributed by atoms with Gasteiger partial charge < -0.3 is 14.2 Å². The summed E-state index contributed by atoms with van der Waals surface area (Å²) in [5, 5.41) is 0. The molecule has 0 heterocycles. The number of hydrogen-bond donors (Lipinski definition) is 0. The molecule has 0 atom stereocenters. The van der Waals surface area contributed by atoms with Crippen LogP contribution in [0.1, 0.15) is 12.0 Å². The zero-order valence-corrected chi connectivity index (χ0v) is 12.4. The highest BCUT2D eigenvalue weighted by molar-refractivity contribution is 7.80. The predicted molar refractivity (Wildman–Crippen MR) is 73.5 cm³/mol. The maximum Gasteiger partial charge on any atom is 0.450 e. The Morgan fingerprint density at radius 1 is 1.10 bits per heavy atom. The average Bonchev–Trinajstić information content (AvgIpc) is 2.44. The Kier molecular flexibility index (Phi) is 5.54. The number of Topliss-reactive ketones (excluding diaryl/α,β-unsaturated/α-hetero) is 1. The van der Waals surface area contributed by atoms with Crippen LogP contribution in [0.15, 0.2) is 12.1 Å². The predicted octanol–water partition coefficient (Wildman–Crippen LogP) is 2.95. The number of carbonyl (C=O) groups is 1. The van der Waals surface area contributed by atoms with Crippen molar-refractivity contribution in [2.45, 2.75) is 12.6 Å². The quantitative estimate of drug-likeness (QED) is 0.595. The summed E-state index contributed by atoms with van der Waals surface area (Å²) in [4.78, 5) is 10.8. The van der Waals surface area contributed by atoms with Crippen LogP contribution in [0, 0.1) is 0 Å². The van der Waals surface area contributed by atoms with Gasteiger partial charge in [-0.2, -0.15) is 13.2 Å². The Morgan fingerprint density at radius 2 is 1.57 bits per heavy atom. The van der Waals surface area contributed by atoms with Crippen LogP contribution < -0.4 is 14.2 Å². The minimum atomic E-state index is -4.91. The molecule has 21 heavy (non-hydrogen) atoms. The maximum atomic E-state index is 12.3. The Morgan fingerprint density at radius 3 is 1.90 bits per heavy atom. The molecule has 0 aliphatic carbocycles. The summed E-state index contributed by atoms with van der Waals surface area (Å²) in [5.41, 5.74) is 0.233. The van der Waals surface area contributed by atoms with Gasteiger partial charge in [-0.25, -0.2) is 0 Å². The smallest absolute Gasteiger partial charge is 0.450 e. The Bertz CT molecular complexity index is 530. The van der Waals surface area contributed by atoms with E-state index in [1.54, 1.807) is 0 Å². The van der Waals surface area contributed by atoms with E-state index in [2.05, 4.69) is 0 Å². The van der Waals surface area contributed by atoms with Crippen molar-refractivity contribution in [3.8, 4) is 17.2 Å². The van der Waals surface area contributed by atoms with Gasteiger partial charge >= 0.3 is 6.18 Å². The molecule has 1 aromatic carbocycles. The number of rotatable bonds is 6. The fourth-order valence-corrected chi connectivity index (χ4v) is 1.84. The van der Waals surface area contributed by atoms with Gasteiger partial charge in [-0.05, 0) is 17.7 Å². The van der Waals surface area contributed by atoms with Crippen molar-refractivity contribution in [1.29, 1.82) is 0 Å². The van der Waals surface area contributed by atoms with Crippen molar-refractivity contribution < 1.29 is 32.2 Å². The number of alkyl halides is 3. The molecule has 0 spiro atoms. The molecule has 0 saturated carbocycles. The summed E-state index contributed by atoms with van der Waals surface area (Å²) < 4.78 is 52.0. The molecule has 1 rings (SSSR count). The summed E-state index contributed by atoms with van der Waals surface area (Å²) in [5.74, 6) is -1.13. The van der Waals surface area contributed by atoms with Crippen LogP contribution in [0.5, 0.6) is 17.2 Å². The lowest BCUT2D eigenvalue weighted by Crippen LogP contribution is -2.25. The highest BCUT2D eigenvalue weighted by atomic mass is 32.1. The molecule has 0 aliphatic heterocycles. The number of methoxy groups -OCH3 is 3. The molecule has 0 amide bonds. The average molecular weight is 322 g/mol. The minimum Gasteiger partial charge on any atom is -0.493 e. The number of ether oxygens (including phenoxy) is 3. The van der Waals surface area contributed by atoms with Gasteiger partial charge in [-0.15, -0.1) is 0 Å². The Labute approximate surface area is 124 Å². The Balaban J connectivity index is 3.14. The molecular formula is C13H13F3O4S. The molecule has 0 aromatic heterocycles. The topological polar surface area (TPSA) is 44.8 Å². The number of ketones is 1. The maximum absolute atomic E-state index is 12.3. The molecule has 0 saturated heterocycles. The molecule has 0 bridgehead atoms. The van der Waals surface area contributed by atoms with E-state index in [-0.39, 0.29) is 27.7 Å². The van der Waals surface area contributed by atoms with Crippen molar-refractivity contribution in [2.75, 3.05) is 21.3 Å². The second-order valence-corrected chi connectivity index (χ2v) is 4.43. The zero-order valence-electron chi connectivity index (χ0n) is 11.5. The van der Waals surface area contributed by atoms with Crippen molar-refractivity contribution in [2.24, 2.45) is 0 Å². The van der Waals surface area contributed by atoms with Gasteiger partial charge in [-0.3, -0.25) is 4.79 Å². The van der Waals surface area contributed by atoms with E-state index < -0.39 is 18.4 Å². The standard InChI is InChI=1S/C13H13F3O4S/c1-18-8-4-7(5-9(19-2)12(8)20-3)10(21)6-11(17)13(14,15)16/h4-5H,6H2,1-3H3. The van der Waals surface area contributed by atoms with Crippen molar-refractivity contribution in [1.82, 2.24) is 0 Å². The van der Waals surface area contributed by atoms with E-state index in [0.717, 1.165) is 0 Å². The van der Waals surface area contributed by atoms with Gasteiger partial charge in [0.1, 0.15) is 0 Å². The third kappa shape index (κ3) is 4.07. The molecule has 8 heteroatoms. The van der Waals surface area contributed by atoms with E-state index >= 15 is 0 Å². The first-order chi connectivity index (χ1) is 9.74. The number of thiocarbonyl (C=S) groups is 1. The van der Waals surface area contributed by atoms with Gasteiger partial charge in [0.2, 0.25) is 11.5 Å². The lowest BCUT2D eigenvalue weighted by Gasteiger charge is -2.14. The number of benzene rings is 1. The largest absolute Gasteiger partial charge is 0.493 e. The molecule has 0 unspecified atom stereocenters. The molecular weight excluding hydrogens is 309 g/mol. The molecule has 0 fully saturated rings. The molecule has 0 aliphatic rings. The monoisotopic (exact) mass is 322 g/mol. The van der Waals surface area contributed by atoms with E-state index in [4.69, 9.17) is 26.4 Å². The van der Waals surface area contributed by atoms with E-state index in [1.165, 1.54) is 33.5 Å². The minimum absolute atomic E-state index is 0.156. The summed E-state index contributed by atoms with van der Waals surface area (Å²) in [6.45, 7) is 0. The van der Waals surface area contributed by atoms with E-state index in [1.807, 2.05) is 0 Å². The van der Waals surface area contributed by atoms with Crippen LogP contribution >= 0.6 is 12.2 Å². The summed E-state index contributed by atoms with van der Waals surface area (Å²) in [6, 6.07) is 2.79. The fourth-order valence-electron chi connectivity index (χ4n) is 1.59. The van der Waals surface area contributed by atoms with E-state index in [0.29, 0.717) is 0 Å². The fraction of sp³-hybridized carbons (Fsp3) is 0.385. The van der Waals surface area contributed by atoms with Gasteiger partial charge in [0, 0.05) is 4.86 Å². The van der Waals surface area contributed by atoms with Gasteiger partial charge in [0.15, 0.2) is 11.5 Å². The third-order valence-electron chi connectivity index (χ3n) is 2.62. The first kappa shape index (κ1) is 17.2. The second kappa shape index (κ2) is 6.75. The highest BCUT2D eigenvalue weighted by Crippen LogP contribution is 2.38.